The fraction of sp³-hybridized carbons (Fsp3) is 0.167. The molecule has 0 saturated heterocycles. The summed E-state index contributed by atoms with van der Waals surface area (Å²) in [5.74, 6) is -1.14. The van der Waals surface area contributed by atoms with Crippen molar-refractivity contribution in [2.24, 2.45) is 0 Å². The van der Waals surface area contributed by atoms with Crippen molar-refractivity contribution in [3.63, 3.8) is 0 Å². The lowest BCUT2D eigenvalue weighted by Crippen LogP contribution is -2.27. The highest BCUT2D eigenvalue weighted by Crippen LogP contribution is 2.26. The number of anilines is 2. The zero-order valence-electron chi connectivity index (χ0n) is 19.4. The maximum atomic E-state index is 12.8. The summed E-state index contributed by atoms with van der Waals surface area (Å²) < 4.78 is 27.7. The number of sulfonamides is 1. The number of nitrogens with one attached hydrogen (secondary N) is 3. The van der Waals surface area contributed by atoms with Gasteiger partial charge in [-0.15, -0.1) is 0 Å². The first-order chi connectivity index (χ1) is 17.0. The molecule has 0 radical (unpaired) electrons. The molecule has 0 aliphatic rings. The highest BCUT2D eigenvalue weighted by atomic mass is 32.2. The summed E-state index contributed by atoms with van der Waals surface area (Å²) in [5, 5.41) is 26.6. The van der Waals surface area contributed by atoms with Gasteiger partial charge in [0.1, 0.15) is 5.75 Å². The van der Waals surface area contributed by atoms with Crippen LogP contribution in [-0.2, 0) is 14.8 Å². The van der Waals surface area contributed by atoms with Crippen LogP contribution in [0.15, 0.2) is 71.6 Å². The second kappa shape index (κ2) is 10.9. The molecule has 0 aliphatic carbocycles. The Morgan fingerprint density at radius 3 is 2.33 bits per heavy atom. The molecule has 3 aromatic carbocycles. The SMILES string of the molecule is CCC(=O)Nc1ccc(C(C)NC(=O)c2cc(NS(=O)(=O)c3cccc([N+](=O)[O-])c3)ccc2O)cc1. The number of non-ortho nitro benzene ring substituents is 1. The van der Waals surface area contributed by atoms with Crippen LogP contribution in [0, 0.1) is 10.1 Å². The van der Waals surface area contributed by atoms with E-state index in [1.807, 2.05) is 0 Å². The number of nitrogens with zero attached hydrogens (tertiary/aromatic N) is 1. The summed E-state index contributed by atoms with van der Waals surface area (Å²) in [6.07, 6.45) is 0.345. The third-order valence-corrected chi connectivity index (χ3v) is 6.57. The molecule has 0 aromatic heterocycles. The predicted octanol–water partition coefficient (Wildman–Crippen LogP) is 3.94. The van der Waals surface area contributed by atoms with Crippen LogP contribution in [0.5, 0.6) is 5.75 Å². The largest absolute Gasteiger partial charge is 0.507 e. The molecule has 0 saturated carbocycles. The second-order valence-electron chi connectivity index (χ2n) is 7.81. The number of carbonyl (C=O) groups is 2. The van der Waals surface area contributed by atoms with Crippen LogP contribution in [0.4, 0.5) is 17.1 Å². The first-order valence-electron chi connectivity index (χ1n) is 10.8. The number of nitro groups is 1. The molecule has 188 valence electrons. The number of benzene rings is 3. The molecule has 36 heavy (non-hydrogen) atoms. The Morgan fingerprint density at radius 2 is 1.69 bits per heavy atom. The minimum absolute atomic E-state index is 0.0203. The van der Waals surface area contributed by atoms with Gasteiger partial charge in [-0.2, -0.15) is 0 Å². The van der Waals surface area contributed by atoms with Crippen molar-refractivity contribution in [2.75, 3.05) is 10.0 Å². The molecule has 0 bridgehead atoms. The topological polar surface area (TPSA) is 168 Å². The molecular weight excluding hydrogens is 488 g/mol. The van der Waals surface area contributed by atoms with Gasteiger partial charge in [0.05, 0.1) is 21.4 Å². The molecule has 2 amide bonds. The zero-order chi connectivity index (χ0) is 26.5. The summed E-state index contributed by atoms with van der Waals surface area (Å²) in [4.78, 5) is 34.3. The number of amides is 2. The molecule has 0 aliphatic heterocycles. The van der Waals surface area contributed by atoms with Crippen molar-refractivity contribution in [2.45, 2.75) is 31.2 Å². The summed E-state index contributed by atoms with van der Waals surface area (Å²) in [7, 11) is -4.20. The van der Waals surface area contributed by atoms with E-state index in [2.05, 4.69) is 15.4 Å². The van der Waals surface area contributed by atoms with E-state index in [0.717, 1.165) is 29.8 Å². The summed E-state index contributed by atoms with van der Waals surface area (Å²) in [5.41, 5.74) is 0.768. The van der Waals surface area contributed by atoms with Crippen LogP contribution in [-0.4, -0.2) is 30.3 Å². The van der Waals surface area contributed by atoms with E-state index >= 15 is 0 Å². The van der Waals surface area contributed by atoms with Gasteiger partial charge < -0.3 is 15.7 Å². The lowest BCUT2D eigenvalue weighted by Gasteiger charge is -2.16. The minimum Gasteiger partial charge on any atom is -0.507 e. The Balaban J connectivity index is 1.75. The third-order valence-electron chi connectivity index (χ3n) is 5.20. The Bertz CT molecular complexity index is 1410. The van der Waals surface area contributed by atoms with Crippen LogP contribution in [0.1, 0.15) is 42.2 Å². The van der Waals surface area contributed by atoms with Crippen LogP contribution < -0.4 is 15.4 Å². The summed E-state index contributed by atoms with van der Waals surface area (Å²) in [6.45, 7) is 3.47. The van der Waals surface area contributed by atoms with Gasteiger partial charge in [0.25, 0.3) is 21.6 Å². The third kappa shape index (κ3) is 6.36. The van der Waals surface area contributed by atoms with E-state index in [9.17, 15) is 33.2 Å². The average Bonchev–Trinajstić information content (AvgIpc) is 2.85. The quantitative estimate of drug-likeness (QED) is 0.191. The normalized spacial score (nSPS) is 11.8. The predicted molar refractivity (Wildman–Crippen MR) is 133 cm³/mol. The Kier molecular flexibility index (Phi) is 7.90. The van der Waals surface area contributed by atoms with E-state index in [0.29, 0.717) is 12.1 Å². The summed E-state index contributed by atoms with van der Waals surface area (Å²) in [6, 6.07) is 14.5. The lowest BCUT2D eigenvalue weighted by atomic mass is 10.1. The smallest absolute Gasteiger partial charge is 0.270 e. The molecule has 11 nitrogen and oxygen atoms in total. The highest BCUT2D eigenvalue weighted by Gasteiger charge is 2.20. The number of phenols is 1. The molecule has 4 N–H and O–H groups in total. The van der Waals surface area contributed by atoms with Crippen LogP contribution in [0.25, 0.3) is 0 Å². The van der Waals surface area contributed by atoms with Gasteiger partial charge in [-0.25, -0.2) is 8.42 Å². The zero-order valence-corrected chi connectivity index (χ0v) is 20.2. The molecule has 3 rings (SSSR count). The Labute approximate surface area is 207 Å². The molecule has 0 heterocycles. The average molecular weight is 513 g/mol. The number of rotatable bonds is 9. The van der Waals surface area contributed by atoms with Gasteiger partial charge >= 0.3 is 0 Å². The first kappa shape index (κ1) is 26.2. The maximum absolute atomic E-state index is 12.8. The second-order valence-corrected chi connectivity index (χ2v) is 9.49. The molecule has 1 unspecified atom stereocenters. The standard InChI is InChI=1S/C24H24N4O7S/c1-3-23(30)26-17-9-7-16(8-10-17)15(2)25-24(31)21-13-18(11-12-22(21)29)27-36(34,35)20-6-4-5-19(14-20)28(32)33/h4-15,27,29H,3H2,1-2H3,(H,25,31)(H,26,30). The molecule has 1 atom stereocenters. The van der Waals surface area contributed by atoms with E-state index in [4.69, 9.17) is 0 Å². The van der Waals surface area contributed by atoms with Gasteiger partial charge in [0, 0.05) is 29.9 Å². The first-order valence-corrected chi connectivity index (χ1v) is 12.3. The van der Waals surface area contributed by atoms with Crippen LogP contribution >= 0.6 is 0 Å². The van der Waals surface area contributed by atoms with Crippen molar-refractivity contribution < 1.29 is 28.0 Å². The molecule has 3 aromatic rings. The minimum atomic E-state index is -4.20. The number of carbonyl (C=O) groups excluding carboxylic acids is 2. The lowest BCUT2D eigenvalue weighted by molar-refractivity contribution is -0.385. The number of aromatic hydroxyl groups is 1. The molecule has 0 fully saturated rings. The van der Waals surface area contributed by atoms with E-state index in [1.165, 1.54) is 18.2 Å². The van der Waals surface area contributed by atoms with Gasteiger partial charge in [0.2, 0.25) is 5.91 Å². The number of phenolic OH excluding ortho intramolecular Hbond substituents is 1. The summed E-state index contributed by atoms with van der Waals surface area (Å²) >= 11 is 0. The maximum Gasteiger partial charge on any atom is 0.270 e. The van der Waals surface area contributed by atoms with Crippen molar-refractivity contribution in [1.29, 1.82) is 0 Å². The van der Waals surface area contributed by atoms with Gasteiger partial charge in [0.15, 0.2) is 0 Å². The highest BCUT2D eigenvalue weighted by molar-refractivity contribution is 7.92. The fourth-order valence-corrected chi connectivity index (χ4v) is 4.31. The van der Waals surface area contributed by atoms with Gasteiger partial charge in [-0.05, 0) is 48.9 Å². The van der Waals surface area contributed by atoms with Crippen molar-refractivity contribution >= 4 is 38.9 Å². The van der Waals surface area contributed by atoms with Crippen LogP contribution in [0.2, 0.25) is 0 Å². The molecular formula is C24H24N4O7S. The van der Waals surface area contributed by atoms with Crippen molar-refractivity contribution in [3.8, 4) is 5.75 Å². The monoisotopic (exact) mass is 512 g/mol. The number of nitro benzene ring substituents is 1. The van der Waals surface area contributed by atoms with E-state index < -0.39 is 32.6 Å². The number of hydrogen-bond donors (Lipinski definition) is 4. The van der Waals surface area contributed by atoms with Crippen molar-refractivity contribution in [1.82, 2.24) is 5.32 Å². The van der Waals surface area contributed by atoms with Gasteiger partial charge in [-0.3, -0.25) is 24.4 Å². The molecule has 12 heteroatoms. The Hall–Kier alpha value is -4.45. The Morgan fingerprint density at radius 1 is 1.03 bits per heavy atom. The molecule has 0 spiro atoms. The van der Waals surface area contributed by atoms with Gasteiger partial charge in [-0.1, -0.05) is 25.1 Å². The number of hydrogen-bond acceptors (Lipinski definition) is 7. The van der Waals surface area contributed by atoms with Crippen molar-refractivity contribution in [3.05, 3.63) is 88.0 Å². The van der Waals surface area contributed by atoms with E-state index in [-0.39, 0.29) is 27.8 Å². The fourth-order valence-electron chi connectivity index (χ4n) is 3.22. The van der Waals surface area contributed by atoms with E-state index in [1.54, 1.807) is 38.1 Å². The van der Waals surface area contributed by atoms with Crippen LogP contribution in [0.3, 0.4) is 0 Å².